The third-order valence-electron chi connectivity index (χ3n) is 2.51. The van der Waals surface area contributed by atoms with Gasteiger partial charge in [-0.3, -0.25) is 9.59 Å². The van der Waals surface area contributed by atoms with E-state index in [0.717, 1.165) is 0 Å². The Labute approximate surface area is 125 Å². The molecule has 1 heterocycles. The zero-order valence-corrected chi connectivity index (χ0v) is 11.8. The van der Waals surface area contributed by atoms with Crippen molar-refractivity contribution in [3.05, 3.63) is 58.9 Å². The fraction of sp³-hybridized carbons (Fsp3) is 0.0714. The number of hydrogen-bond acceptors (Lipinski definition) is 3. The number of rotatable bonds is 4. The summed E-state index contributed by atoms with van der Waals surface area (Å²) in [5.74, 6) is -0.947. The first-order valence-electron chi connectivity index (χ1n) is 5.74. The summed E-state index contributed by atoms with van der Waals surface area (Å²) in [6.07, 6.45) is 0. The van der Waals surface area contributed by atoms with Crippen LogP contribution in [0.25, 0.3) is 0 Å². The molecule has 0 saturated heterocycles. The number of carbonyl (C=O) groups is 2. The molecule has 0 fully saturated rings. The van der Waals surface area contributed by atoms with Crippen LogP contribution in [0.15, 0.2) is 42.5 Å². The molecule has 0 aliphatic carbocycles. The lowest BCUT2D eigenvalue weighted by Gasteiger charge is -2.09. The minimum absolute atomic E-state index is 0.0853. The number of pyridine rings is 1. The standard InChI is InChI=1S/C14H10Cl2N2O2/c15-8-12(19)17-10-6-7-11(16)18-13(10)14(20)9-4-2-1-3-5-9/h1-7H,8H2,(H,17,19). The molecule has 2 aromatic rings. The van der Waals surface area contributed by atoms with Crippen molar-refractivity contribution in [2.45, 2.75) is 0 Å². The lowest BCUT2D eigenvalue weighted by molar-refractivity contribution is -0.113. The van der Waals surface area contributed by atoms with E-state index in [1.807, 2.05) is 0 Å². The van der Waals surface area contributed by atoms with Crippen LogP contribution in [0.4, 0.5) is 5.69 Å². The topological polar surface area (TPSA) is 59.1 Å². The van der Waals surface area contributed by atoms with Crippen molar-refractivity contribution < 1.29 is 9.59 Å². The third kappa shape index (κ3) is 3.35. The largest absolute Gasteiger partial charge is 0.323 e. The van der Waals surface area contributed by atoms with E-state index in [4.69, 9.17) is 23.2 Å². The number of carbonyl (C=O) groups excluding carboxylic acids is 2. The van der Waals surface area contributed by atoms with Gasteiger partial charge in [0.2, 0.25) is 11.7 Å². The SMILES string of the molecule is O=C(CCl)Nc1ccc(Cl)nc1C(=O)c1ccccc1. The quantitative estimate of drug-likeness (QED) is 0.536. The Kier molecular flexibility index (Phi) is 4.71. The van der Waals surface area contributed by atoms with E-state index in [1.165, 1.54) is 12.1 Å². The highest BCUT2D eigenvalue weighted by Crippen LogP contribution is 2.20. The Balaban J connectivity index is 2.41. The van der Waals surface area contributed by atoms with Gasteiger partial charge in [0.1, 0.15) is 16.7 Å². The van der Waals surface area contributed by atoms with Gasteiger partial charge in [0.15, 0.2) is 0 Å². The molecule has 4 nitrogen and oxygen atoms in total. The number of halogens is 2. The normalized spacial score (nSPS) is 10.1. The Hall–Kier alpha value is -1.91. The summed E-state index contributed by atoms with van der Waals surface area (Å²) in [5, 5.41) is 2.70. The average molecular weight is 309 g/mol. The first-order chi connectivity index (χ1) is 9.61. The van der Waals surface area contributed by atoms with E-state index >= 15 is 0 Å². The van der Waals surface area contributed by atoms with Gasteiger partial charge in [0, 0.05) is 5.56 Å². The summed E-state index contributed by atoms with van der Waals surface area (Å²) >= 11 is 11.3. The number of alkyl halides is 1. The molecule has 0 aliphatic rings. The molecule has 0 unspecified atom stereocenters. The maximum Gasteiger partial charge on any atom is 0.239 e. The van der Waals surface area contributed by atoms with E-state index in [-0.39, 0.29) is 28.2 Å². The lowest BCUT2D eigenvalue weighted by Crippen LogP contribution is -2.17. The fourth-order valence-electron chi connectivity index (χ4n) is 1.62. The molecule has 1 aromatic carbocycles. The minimum atomic E-state index is -0.419. The monoisotopic (exact) mass is 308 g/mol. The number of nitrogens with zero attached hydrogens (tertiary/aromatic N) is 1. The van der Waals surface area contributed by atoms with E-state index < -0.39 is 5.91 Å². The van der Waals surface area contributed by atoms with Crippen LogP contribution < -0.4 is 5.32 Å². The van der Waals surface area contributed by atoms with Crippen LogP contribution in [0.1, 0.15) is 16.1 Å². The molecular formula is C14H10Cl2N2O2. The Morgan fingerprint density at radius 3 is 2.45 bits per heavy atom. The summed E-state index contributed by atoms with van der Waals surface area (Å²) in [5.41, 5.74) is 0.833. The summed E-state index contributed by atoms with van der Waals surface area (Å²) in [6.45, 7) is 0. The number of benzene rings is 1. The highest BCUT2D eigenvalue weighted by Gasteiger charge is 2.17. The van der Waals surface area contributed by atoms with Gasteiger partial charge in [-0.15, -0.1) is 11.6 Å². The second kappa shape index (κ2) is 6.50. The number of aromatic nitrogens is 1. The van der Waals surface area contributed by atoms with Gasteiger partial charge in [-0.05, 0) is 12.1 Å². The van der Waals surface area contributed by atoms with Crippen LogP contribution in [0, 0.1) is 0 Å². The molecular weight excluding hydrogens is 299 g/mol. The summed E-state index contributed by atoms with van der Waals surface area (Å²) in [4.78, 5) is 27.7. The van der Waals surface area contributed by atoms with Gasteiger partial charge < -0.3 is 5.32 Å². The maximum absolute atomic E-state index is 12.4. The molecule has 102 valence electrons. The van der Waals surface area contributed by atoms with Gasteiger partial charge in [-0.1, -0.05) is 41.9 Å². The maximum atomic E-state index is 12.4. The molecule has 2 rings (SSSR count). The summed E-state index contributed by atoms with van der Waals surface area (Å²) in [7, 11) is 0. The molecule has 0 saturated carbocycles. The number of nitrogens with one attached hydrogen (secondary N) is 1. The van der Waals surface area contributed by atoms with Crippen molar-refractivity contribution in [3.8, 4) is 0 Å². The van der Waals surface area contributed by atoms with Crippen LogP contribution in [0.2, 0.25) is 5.15 Å². The average Bonchev–Trinajstić information content (AvgIpc) is 2.49. The highest BCUT2D eigenvalue weighted by atomic mass is 35.5. The predicted molar refractivity (Wildman–Crippen MR) is 78.5 cm³/mol. The predicted octanol–water partition coefficient (Wildman–Crippen LogP) is 3.14. The minimum Gasteiger partial charge on any atom is -0.323 e. The lowest BCUT2D eigenvalue weighted by atomic mass is 10.1. The van der Waals surface area contributed by atoms with Crippen LogP contribution in [0.5, 0.6) is 0 Å². The second-order valence-electron chi connectivity index (χ2n) is 3.91. The molecule has 1 aromatic heterocycles. The van der Waals surface area contributed by atoms with E-state index in [9.17, 15) is 9.59 Å². The first kappa shape index (κ1) is 14.5. The van der Waals surface area contributed by atoms with Crippen LogP contribution >= 0.6 is 23.2 Å². The van der Waals surface area contributed by atoms with Crippen LogP contribution in [0.3, 0.4) is 0 Å². The van der Waals surface area contributed by atoms with Gasteiger partial charge in [0.25, 0.3) is 0 Å². The van der Waals surface area contributed by atoms with E-state index in [0.29, 0.717) is 5.56 Å². The Morgan fingerprint density at radius 1 is 1.10 bits per heavy atom. The summed E-state index contributed by atoms with van der Waals surface area (Å²) < 4.78 is 0. The number of amides is 1. The van der Waals surface area contributed by atoms with Crippen molar-refractivity contribution >= 4 is 40.6 Å². The molecule has 0 bridgehead atoms. The molecule has 1 amide bonds. The Bertz CT molecular complexity index is 645. The molecule has 20 heavy (non-hydrogen) atoms. The third-order valence-corrected chi connectivity index (χ3v) is 2.96. The van der Waals surface area contributed by atoms with E-state index in [2.05, 4.69) is 10.3 Å². The molecule has 6 heteroatoms. The molecule has 0 atom stereocenters. The van der Waals surface area contributed by atoms with Crippen LogP contribution in [-0.2, 0) is 4.79 Å². The number of ketones is 1. The zero-order chi connectivity index (χ0) is 14.5. The van der Waals surface area contributed by atoms with Gasteiger partial charge in [-0.25, -0.2) is 4.98 Å². The fourth-order valence-corrected chi connectivity index (χ4v) is 1.83. The van der Waals surface area contributed by atoms with Gasteiger partial charge in [-0.2, -0.15) is 0 Å². The molecule has 0 spiro atoms. The molecule has 0 aliphatic heterocycles. The zero-order valence-electron chi connectivity index (χ0n) is 10.3. The highest BCUT2D eigenvalue weighted by molar-refractivity contribution is 6.30. The van der Waals surface area contributed by atoms with Crippen molar-refractivity contribution in [2.75, 3.05) is 11.2 Å². The van der Waals surface area contributed by atoms with Gasteiger partial charge >= 0.3 is 0 Å². The van der Waals surface area contributed by atoms with Crippen molar-refractivity contribution in [1.29, 1.82) is 0 Å². The summed E-state index contributed by atoms with van der Waals surface area (Å²) in [6, 6.07) is 11.6. The Morgan fingerprint density at radius 2 is 1.80 bits per heavy atom. The van der Waals surface area contributed by atoms with Crippen molar-refractivity contribution in [3.63, 3.8) is 0 Å². The van der Waals surface area contributed by atoms with Crippen molar-refractivity contribution in [2.24, 2.45) is 0 Å². The van der Waals surface area contributed by atoms with E-state index in [1.54, 1.807) is 30.3 Å². The first-order valence-corrected chi connectivity index (χ1v) is 6.65. The van der Waals surface area contributed by atoms with Gasteiger partial charge in [0.05, 0.1) is 5.69 Å². The van der Waals surface area contributed by atoms with Crippen molar-refractivity contribution in [1.82, 2.24) is 4.98 Å². The number of anilines is 1. The smallest absolute Gasteiger partial charge is 0.239 e. The van der Waals surface area contributed by atoms with Crippen LogP contribution in [-0.4, -0.2) is 22.6 Å². The number of hydrogen-bond donors (Lipinski definition) is 1. The second-order valence-corrected chi connectivity index (χ2v) is 4.56. The molecule has 1 N–H and O–H groups in total. The molecule has 0 radical (unpaired) electrons.